The van der Waals surface area contributed by atoms with Crippen LogP contribution in [-0.4, -0.2) is 55.7 Å². The Kier molecular flexibility index (Phi) is 7.80. The van der Waals surface area contributed by atoms with Crippen molar-refractivity contribution >= 4 is 72.9 Å². The molecule has 1 saturated heterocycles. The first-order valence-corrected chi connectivity index (χ1v) is 15.5. The summed E-state index contributed by atoms with van der Waals surface area (Å²) < 4.78 is 5.39. The number of hydrogen-bond acceptors (Lipinski definition) is 6. The van der Waals surface area contributed by atoms with Crippen LogP contribution >= 0.6 is 43.5 Å². The number of nitrogens with zero attached hydrogens (tertiary/aromatic N) is 2. The van der Waals surface area contributed by atoms with Crippen molar-refractivity contribution in [1.82, 2.24) is 10.0 Å². The third kappa shape index (κ3) is 4.89. The average Bonchev–Trinajstić information content (AvgIpc) is 3.61. The maximum Gasteiger partial charge on any atom is 0.343 e. The van der Waals surface area contributed by atoms with Gasteiger partial charge in [-0.2, -0.15) is 5.01 Å². The number of halogens is 3. The van der Waals surface area contributed by atoms with Crippen molar-refractivity contribution in [2.75, 3.05) is 6.54 Å². The molecular weight excluding hydrogens is 692 g/mol. The van der Waals surface area contributed by atoms with E-state index in [1.807, 2.05) is 0 Å². The molecule has 214 valence electrons. The zero-order valence-electron chi connectivity index (χ0n) is 21.9. The summed E-state index contributed by atoms with van der Waals surface area (Å²) in [6, 6.07) is 20.6. The lowest BCUT2D eigenvalue weighted by Gasteiger charge is -2.31. The molecule has 3 aliphatic rings. The minimum Gasteiger partial charge on any atom is -0.423 e. The number of Topliss-reactive ketones (excluding diaryl/α,β-unsaturated/α-hetero) is 1. The zero-order chi connectivity index (χ0) is 29.7. The molecule has 3 aromatic carbocycles. The van der Waals surface area contributed by atoms with Crippen molar-refractivity contribution in [3.8, 4) is 5.75 Å². The standard InChI is InChI=1S/C31H23Br2ClN2O6/c32-26-20-14-21(27(26)33)25-24(20)29(39)36(30(25)40)35(28(38)19-8-4-5-9-22(19)34)15-23(37)16-10-12-18(13-11-16)42-31(41)17-6-2-1-3-7-17/h1-13,20-21,24-27H,14-15H2/t20-,21-,24-,25-,26+,27+/m1/s1. The van der Waals surface area contributed by atoms with Crippen LogP contribution in [0.5, 0.6) is 5.75 Å². The fourth-order valence-electron chi connectivity index (χ4n) is 6.25. The number of fused-ring (bicyclic) bond motifs is 5. The van der Waals surface area contributed by atoms with E-state index < -0.39 is 47.9 Å². The van der Waals surface area contributed by atoms with E-state index in [2.05, 4.69) is 31.9 Å². The van der Waals surface area contributed by atoms with Gasteiger partial charge < -0.3 is 4.74 Å². The van der Waals surface area contributed by atoms with Crippen molar-refractivity contribution in [2.45, 2.75) is 16.1 Å². The topological polar surface area (TPSA) is 101 Å². The Labute approximate surface area is 263 Å². The highest BCUT2D eigenvalue weighted by molar-refractivity contribution is 9.12. The van der Waals surface area contributed by atoms with Crippen LogP contribution in [0.3, 0.4) is 0 Å². The fourth-order valence-corrected chi connectivity index (χ4v) is 8.34. The van der Waals surface area contributed by atoms with Gasteiger partial charge in [-0.05, 0) is 66.8 Å². The number of hydrazine groups is 1. The molecule has 3 amide bonds. The Hall–Kier alpha value is -3.34. The lowest BCUT2D eigenvalue weighted by molar-refractivity contribution is -0.154. The Morgan fingerprint density at radius 2 is 1.38 bits per heavy atom. The number of imide groups is 1. The number of hydrogen-bond donors (Lipinski definition) is 0. The van der Waals surface area contributed by atoms with Gasteiger partial charge in [0.1, 0.15) is 12.3 Å². The van der Waals surface area contributed by atoms with Crippen molar-refractivity contribution < 1.29 is 28.7 Å². The number of ketones is 1. The van der Waals surface area contributed by atoms with Gasteiger partial charge >= 0.3 is 5.97 Å². The molecule has 1 aliphatic heterocycles. The molecule has 6 atom stereocenters. The third-order valence-electron chi connectivity index (χ3n) is 8.23. The fraction of sp³-hybridized carbons (Fsp3) is 0.258. The van der Waals surface area contributed by atoms with Crippen LogP contribution in [0, 0.1) is 23.7 Å². The Morgan fingerprint density at radius 3 is 1.98 bits per heavy atom. The van der Waals surface area contributed by atoms with Crippen LogP contribution < -0.4 is 4.74 Å². The average molecular weight is 715 g/mol. The first kappa shape index (κ1) is 28.8. The second-order valence-electron chi connectivity index (χ2n) is 10.5. The molecule has 1 heterocycles. The van der Waals surface area contributed by atoms with Gasteiger partial charge in [0.05, 0.1) is 28.0 Å². The van der Waals surface area contributed by atoms with Gasteiger partial charge in [-0.3, -0.25) is 19.2 Å². The molecule has 2 aliphatic carbocycles. The number of esters is 1. The molecule has 0 unspecified atom stereocenters. The molecule has 0 N–H and O–H groups in total. The molecule has 42 heavy (non-hydrogen) atoms. The molecule has 8 nitrogen and oxygen atoms in total. The van der Waals surface area contributed by atoms with E-state index in [1.54, 1.807) is 42.5 Å². The summed E-state index contributed by atoms with van der Waals surface area (Å²) in [7, 11) is 0. The zero-order valence-corrected chi connectivity index (χ0v) is 25.8. The van der Waals surface area contributed by atoms with Gasteiger partial charge in [-0.15, -0.1) is 0 Å². The van der Waals surface area contributed by atoms with E-state index in [0.29, 0.717) is 5.56 Å². The highest BCUT2D eigenvalue weighted by Crippen LogP contribution is 2.60. The number of carbonyl (C=O) groups excluding carboxylic acids is 5. The van der Waals surface area contributed by atoms with Crippen LogP contribution in [-0.2, 0) is 9.59 Å². The van der Waals surface area contributed by atoms with Crippen LogP contribution in [0.25, 0.3) is 0 Å². The van der Waals surface area contributed by atoms with E-state index in [9.17, 15) is 24.0 Å². The van der Waals surface area contributed by atoms with Crippen molar-refractivity contribution in [2.24, 2.45) is 23.7 Å². The molecular formula is C31H23Br2ClN2O6. The van der Waals surface area contributed by atoms with Gasteiger partial charge in [0.15, 0.2) is 5.78 Å². The van der Waals surface area contributed by atoms with Crippen LogP contribution in [0.1, 0.15) is 37.5 Å². The molecule has 0 spiro atoms. The molecule has 0 radical (unpaired) electrons. The van der Waals surface area contributed by atoms with Gasteiger partial charge in [0, 0.05) is 15.2 Å². The predicted molar refractivity (Wildman–Crippen MR) is 161 cm³/mol. The number of ether oxygens (including phenoxy) is 1. The molecule has 3 aromatic rings. The van der Waals surface area contributed by atoms with Crippen molar-refractivity contribution in [3.63, 3.8) is 0 Å². The van der Waals surface area contributed by atoms with E-state index in [0.717, 1.165) is 16.4 Å². The van der Waals surface area contributed by atoms with Gasteiger partial charge in [-0.1, -0.05) is 73.8 Å². The molecule has 6 rings (SSSR count). The quantitative estimate of drug-likeness (QED) is 0.104. The van der Waals surface area contributed by atoms with E-state index in [-0.39, 0.29) is 43.4 Å². The number of alkyl halides is 2. The van der Waals surface area contributed by atoms with E-state index in [4.69, 9.17) is 16.3 Å². The predicted octanol–water partition coefficient (Wildman–Crippen LogP) is 5.58. The molecule has 2 bridgehead atoms. The highest BCUT2D eigenvalue weighted by Gasteiger charge is 2.67. The summed E-state index contributed by atoms with van der Waals surface area (Å²) in [6.07, 6.45) is 0.727. The van der Waals surface area contributed by atoms with E-state index in [1.165, 1.54) is 36.4 Å². The van der Waals surface area contributed by atoms with Gasteiger partial charge in [-0.25, -0.2) is 9.80 Å². The summed E-state index contributed by atoms with van der Waals surface area (Å²) in [6.45, 7) is -0.574. The van der Waals surface area contributed by atoms with E-state index >= 15 is 0 Å². The molecule has 3 fully saturated rings. The summed E-state index contributed by atoms with van der Waals surface area (Å²) in [4.78, 5) is 67.3. The first-order chi connectivity index (χ1) is 20.2. The van der Waals surface area contributed by atoms with Crippen LogP contribution in [0.4, 0.5) is 0 Å². The maximum absolute atomic E-state index is 13.8. The number of amides is 3. The van der Waals surface area contributed by atoms with Crippen LogP contribution in [0.15, 0.2) is 78.9 Å². The first-order valence-electron chi connectivity index (χ1n) is 13.3. The molecule has 11 heteroatoms. The monoisotopic (exact) mass is 712 g/mol. The van der Waals surface area contributed by atoms with Gasteiger partial charge in [0.25, 0.3) is 17.7 Å². The summed E-state index contributed by atoms with van der Waals surface area (Å²) in [5, 5.41) is 1.91. The minimum absolute atomic E-state index is 0.0179. The number of carbonyl (C=O) groups is 5. The van der Waals surface area contributed by atoms with Crippen molar-refractivity contribution in [1.29, 1.82) is 0 Å². The summed E-state index contributed by atoms with van der Waals surface area (Å²) >= 11 is 13.7. The van der Waals surface area contributed by atoms with Crippen LogP contribution in [0.2, 0.25) is 5.02 Å². The Bertz CT molecular complexity index is 1570. The minimum atomic E-state index is -0.734. The molecule has 2 saturated carbocycles. The maximum atomic E-state index is 13.8. The second-order valence-corrected chi connectivity index (χ2v) is 13.1. The third-order valence-corrected chi connectivity index (χ3v) is 11.8. The second kappa shape index (κ2) is 11.4. The van der Waals surface area contributed by atoms with Gasteiger partial charge in [0.2, 0.25) is 0 Å². The normalized spacial score (nSPS) is 25.8. The lowest BCUT2D eigenvalue weighted by Crippen LogP contribution is -2.52. The lowest BCUT2D eigenvalue weighted by atomic mass is 9.81. The summed E-state index contributed by atoms with van der Waals surface area (Å²) in [5.74, 6) is -3.83. The highest BCUT2D eigenvalue weighted by atomic mass is 79.9. The van der Waals surface area contributed by atoms with Crippen molar-refractivity contribution in [3.05, 3.63) is 101 Å². The Morgan fingerprint density at radius 1 is 0.810 bits per heavy atom. The largest absolute Gasteiger partial charge is 0.423 e. The smallest absolute Gasteiger partial charge is 0.343 e. The SMILES string of the molecule is O=C(CN(C(=O)c1ccccc1Cl)N1C(=O)[C@@H]2[C@H]3C[C@@H]([C@H](Br)[C@H]3Br)[C@H]2C1=O)c1ccc(OC(=O)c2ccccc2)cc1. The number of benzene rings is 3. The molecule has 0 aromatic heterocycles. The number of rotatable bonds is 7. The summed E-state index contributed by atoms with van der Waals surface area (Å²) in [5.41, 5.74) is 0.640. The Balaban J connectivity index is 1.26.